The largest absolute Gasteiger partial charge is 0.260 e. The average Bonchev–Trinajstić information content (AvgIpc) is 3.58. The van der Waals surface area contributed by atoms with Crippen molar-refractivity contribution >= 4 is 11.1 Å². The van der Waals surface area contributed by atoms with E-state index in [1.165, 1.54) is 44.5 Å². The van der Waals surface area contributed by atoms with Gasteiger partial charge < -0.3 is 0 Å². The molecule has 0 bridgehead atoms. The summed E-state index contributed by atoms with van der Waals surface area (Å²) in [5.41, 5.74) is 16.8. The van der Waals surface area contributed by atoms with Gasteiger partial charge in [0.2, 0.25) is 0 Å². The van der Waals surface area contributed by atoms with E-state index in [4.69, 9.17) is 15.0 Å². The molecule has 3 nitrogen and oxygen atoms in total. The molecule has 1 unspecified atom stereocenters. The molecule has 2 aliphatic rings. The van der Waals surface area contributed by atoms with Crippen LogP contribution in [0.15, 0.2) is 206 Å². The zero-order valence-electron chi connectivity index (χ0n) is 30.3. The van der Waals surface area contributed by atoms with Crippen LogP contribution in [-0.2, 0) is 5.41 Å². The number of pyridine rings is 1. The summed E-state index contributed by atoms with van der Waals surface area (Å²) in [5.74, 6) is 0.718. The third kappa shape index (κ3) is 5.73. The van der Waals surface area contributed by atoms with Crippen molar-refractivity contribution in [1.29, 1.82) is 0 Å². The van der Waals surface area contributed by atoms with Crippen LogP contribution in [0, 0.1) is 0 Å². The highest BCUT2D eigenvalue weighted by molar-refractivity contribution is 5.96. The number of hydrogen-bond acceptors (Lipinski definition) is 3. The Morgan fingerprint density at radius 3 is 1.73 bits per heavy atom. The molecule has 260 valence electrons. The quantitative estimate of drug-likeness (QED) is 0.166. The van der Waals surface area contributed by atoms with Gasteiger partial charge in [-0.1, -0.05) is 158 Å². The number of fused-ring (bicyclic) bond motifs is 2. The molecule has 3 heteroatoms. The molecule has 0 fully saturated rings. The lowest BCUT2D eigenvalue weighted by atomic mass is 9.67. The smallest absolute Gasteiger partial charge is 0.160 e. The lowest BCUT2D eigenvalue weighted by Crippen LogP contribution is -2.31. The highest BCUT2D eigenvalue weighted by Gasteiger charge is 2.48. The van der Waals surface area contributed by atoms with Crippen LogP contribution in [0.3, 0.4) is 0 Å². The first kappa shape index (κ1) is 32.7. The van der Waals surface area contributed by atoms with Crippen molar-refractivity contribution < 1.29 is 0 Å². The second kappa shape index (κ2) is 13.8. The van der Waals surface area contributed by atoms with Gasteiger partial charge in [0.15, 0.2) is 5.82 Å². The van der Waals surface area contributed by atoms with Crippen molar-refractivity contribution in [3.8, 4) is 44.9 Å². The fraction of sp³-hybridized carbons (Fsp3) is 0.0577. The second-order valence-corrected chi connectivity index (χ2v) is 14.3. The van der Waals surface area contributed by atoms with E-state index in [9.17, 15) is 0 Å². The molecule has 8 aromatic rings. The third-order valence-electron chi connectivity index (χ3n) is 11.2. The number of rotatable bonds is 7. The maximum atomic E-state index is 5.38. The Labute approximate surface area is 322 Å². The highest BCUT2D eigenvalue weighted by Crippen LogP contribution is 2.58. The van der Waals surface area contributed by atoms with E-state index in [0.717, 1.165) is 58.0 Å². The Morgan fingerprint density at radius 1 is 0.436 bits per heavy atom. The van der Waals surface area contributed by atoms with Gasteiger partial charge in [-0.25, -0.2) is 9.97 Å². The molecule has 0 spiro atoms. The number of hydrogen-bond donors (Lipinski definition) is 0. The average molecular weight is 704 g/mol. The van der Waals surface area contributed by atoms with Crippen molar-refractivity contribution in [2.75, 3.05) is 0 Å². The van der Waals surface area contributed by atoms with Gasteiger partial charge in [-0.3, -0.25) is 4.98 Å². The SMILES string of the molecule is C1=C(c2cc(-c3cccc(-c4ccccc4)c3)nc(-c3cccc(-c4ccccc4)c3)n2)CCC2=C1c1ccccc1C2(c1ccccc1)c1ccccn1. The summed E-state index contributed by atoms with van der Waals surface area (Å²) in [6.45, 7) is 0. The van der Waals surface area contributed by atoms with Crippen LogP contribution in [0.5, 0.6) is 0 Å². The third-order valence-corrected chi connectivity index (χ3v) is 11.2. The second-order valence-electron chi connectivity index (χ2n) is 14.3. The Morgan fingerprint density at radius 2 is 1.02 bits per heavy atom. The number of allylic oxidation sites excluding steroid dienone is 4. The van der Waals surface area contributed by atoms with Gasteiger partial charge in [0.25, 0.3) is 0 Å². The first-order valence-corrected chi connectivity index (χ1v) is 19.0. The molecule has 0 amide bonds. The Balaban J connectivity index is 1.16. The lowest BCUT2D eigenvalue weighted by Gasteiger charge is -2.35. The maximum Gasteiger partial charge on any atom is 0.160 e. The standard InChI is InChI=1S/C52H37N3/c1-4-16-36(17-5-1)38-20-14-22-40(32-38)48-35-49(55-51(54-48)42-23-15-21-39(33-42)37-18-6-2-7-19-37)41-29-30-47-45(34-41)44-26-10-11-27-46(44)52(47,43-24-8-3-9-25-43)50-28-12-13-31-53-50/h1-28,31-35H,29-30H2. The molecule has 2 aliphatic carbocycles. The molecule has 1 atom stereocenters. The summed E-state index contributed by atoms with van der Waals surface area (Å²) in [6.07, 6.45) is 6.05. The molecule has 0 aliphatic heterocycles. The van der Waals surface area contributed by atoms with Gasteiger partial charge in [0.05, 0.1) is 22.5 Å². The first-order chi connectivity index (χ1) is 27.3. The van der Waals surface area contributed by atoms with E-state index in [1.807, 2.05) is 12.3 Å². The van der Waals surface area contributed by atoms with Crippen molar-refractivity contribution in [3.63, 3.8) is 0 Å². The Hall–Kier alpha value is -6.97. The molecular formula is C52H37N3. The van der Waals surface area contributed by atoms with Crippen LogP contribution in [0.4, 0.5) is 0 Å². The minimum Gasteiger partial charge on any atom is -0.260 e. The van der Waals surface area contributed by atoms with Gasteiger partial charge in [-0.05, 0) is 105 Å². The van der Waals surface area contributed by atoms with Crippen LogP contribution in [0.2, 0.25) is 0 Å². The topological polar surface area (TPSA) is 38.7 Å². The van der Waals surface area contributed by atoms with Crippen LogP contribution in [0.25, 0.3) is 56.0 Å². The van der Waals surface area contributed by atoms with Crippen LogP contribution in [-0.4, -0.2) is 15.0 Å². The summed E-state index contributed by atoms with van der Waals surface area (Å²) in [5, 5.41) is 0. The highest BCUT2D eigenvalue weighted by atomic mass is 14.9. The van der Waals surface area contributed by atoms with Crippen LogP contribution in [0.1, 0.15) is 40.9 Å². The molecule has 10 rings (SSSR count). The normalized spacial score (nSPS) is 16.0. The molecule has 0 saturated heterocycles. The molecular weight excluding hydrogens is 667 g/mol. The number of benzene rings is 6. The summed E-state index contributed by atoms with van der Waals surface area (Å²) >= 11 is 0. The Bertz CT molecular complexity index is 2590. The minimum atomic E-state index is -0.478. The van der Waals surface area contributed by atoms with E-state index < -0.39 is 5.41 Å². The fourth-order valence-electron chi connectivity index (χ4n) is 8.66. The zero-order valence-corrected chi connectivity index (χ0v) is 30.3. The van der Waals surface area contributed by atoms with Gasteiger partial charge in [0, 0.05) is 17.3 Å². The predicted molar refractivity (Wildman–Crippen MR) is 225 cm³/mol. The van der Waals surface area contributed by atoms with E-state index in [-0.39, 0.29) is 0 Å². The minimum absolute atomic E-state index is 0.478. The fourth-order valence-corrected chi connectivity index (χ4v) is 8.66. The molecule has 55 heavy (non-hydrogen) atoms. The summed E-state index contributed by atoms with van der Waals surface area (Å²) in [4.78, 5) is 15.7. The van der Waals surface area contributed by atoms with Gasteiger partial charge >= 0.3 is 0 Å². The van der Waals surface area contributed by atoms with E-state index in [2.05, 4.69) is 188 Å². The summed E-state index contributed by atoms with van der Waals surface area (Å²) in [7, 11) is 0. The van der Waals surface area contributed by atoms with Crippen molar-refractivity contribution in [1.82, 2.24) is 15.0 Å². The maximum absolute atomic E-state index is 5.38. The molecule has 0 N–H and O–H groups in total. The summed E-state index contributed by atoms with van der Waals surface area (Å²) in [6, 6.07) is 66.7. The molecule has 0 saturated carbocycles. The van der Waals surface area contributed by atoms with E-state index in [0.29, 0.717) is 0 Å². The molecule has 2 aromatic heterocycles. The van der Waals surface area contributed by atoms with E-state index in [1.54, 1.807) is 0 Å². The first-order valence-electron chi connectivity index (χ1n) is 19.0. The number of nitrogens with zero attached hydrogens (tertiary/aromatic N) is 3. The van der Waals surface area contributed by atoms with Crippen molar-refractivity contribution in [2.24, 2.45) is 0 Å². The van der Waals surface area contributed by atoms with Crippen LogP contribution >= 0.6 is 0 Å². The Kier molecular flexibility index (Phi) is 8.18. The van der Waals surface area contributed by atoms with Crippen molar-refractivity contribution in [3.05, 3.63) is 234 Å². The van der Waals surface area contributed by atoms with E-state index >= 15 is 0 Å². The molecule has 2 heterocycles. The lowest BCUT2D eigenvalue weighted by molar-refractivity contribution is 0.675. The zero-order chi connectivity index (χ0) is 36.6. The van der Waals surface area contributed by atoms with Crippen molar-refractivity contribution in [2.45, 2.75) is 18.3 Å². The van der Waals surface area contributed by atoms with Gasteiger partial charge in [-0.2, -0.15) is 0 Å². The van der Waals surface area contributed by atoms with Gasteiger partial charge in [-0.15, -0.1) is 0 Å². The molecule has 0 radical (unpaired) electrons. The number of aromatic nitrogens is 3. The molecule has 6 aromatic carbocycles. The predicted octanol–water partition coefficient (Wildman–Crippen LogP) is 12.5. The van der Waals surface area contributed by atoms with Crippen LogP contribution < -0.4 is 0 Å². The van der Waals surface area contributed by atoms with Gasteiger partial charge in [0.1, 0.15) is 0 Å². The monoisotopic (exact) mass is 703 g/mol. The summed E-state index contributed by atoms with van der Waals surface area (Å²) < 4.78 is 0.